The number of hydrogen-bond donors (Lipinski definition) is 1. The number of allylic oxidation sites excluding steroid dienone is 7. The zero-order valence-corrected chi connectivity index (χ0v) is 46.2. The quantitative estimate of drug-likeness (QED) is 0.0212. The molecule has 0 spiro atoms. The fraction of sp³-hybridized carbons (Fsp3) is 0.828. The average molecular weight is 977 g/mol. The van der Waals surface area contributed by atoms with E-state index in [9.17, 15) is 19.0 Å². The van der Waals surface area contributed by atoms with E-state index < -0.39 is 26.6 Å². The number of phosphoric acid groups is 1. The Balaban J connectivity index is 5.38. The molecule has 0 saturated heterocycles. The summed E-state index contributed by atoms with van der Waals surface area (Å²) in [6, 6.07) is -0.897. The molecule has 0 aliphatic heterocycles. The smallest absolute Gasteiger partial charge is 0.306 e. The largest absolute Gasteiger partial charge is 0.756 e. The van der Waals surface area contributed by atoms with Crippen LogP contribution in [-0.4, -0.2) is 69.4 Å². The Morgan fingerprint density at radius 1 is 0.515 bits per heavy atom. The van der Waals surface area contributed by atoms with Crippen LogP contribution in [-0.2, 0) is 27.9 Å². The van der Waals surface area contributed by atoms with Crippen molar-refractivity contribution >= 4 is 19.7 Å². The highest BCUT2D eigenvalue weighted by atomic mass is 31.2. The van der Waals surface area contributed by atoms with Gasteiger partial charge in [0.25, 0.3) is 7.82 Å². The van der Waals surface area contributed by atoms with E-state index in [0.29, 0.717) is 23.9 Å². The van der Waals surface area contributed by atoms with Crippen molar-refractivity contribution in [2.24, 2.45) is 0 Å². The zero-order valence-electron chi connectivity index (χ0n) is 45.3. The van der Waals surface area contributed by atoms with Gasteiger partial charge < -0.3 is 28.5 Å². The summed E-state index contributed by atoms with van der Waals surface area (Å²) in [5.41, 5.74) is 0. The summed E-state index contributed by atoms with van der Waals surface area (Å²) in [7, 11) is 1.17. The van der Waals surface area contributed by atoms with Gasteiger partial charge in [0.15, 0.2) is 0 Å². The zero-order chi connectivity index (χ0) is 50.1. The van der Waals surface area contributed by atoms with E-state index in [1.165, 1.54) is 135 Å². The first-order valence-corrected chi connectivity index (χ1v) is 29.9. The number of nitrogens with zero attached hydrogens (tertiary/aromatic N) is 1. The molecule has 398 valence electrons. The highest BCUT2D eigenvalue weighted by Crippen LogP contribution is 2.38. The number of carbonyl (C=O) groups excluding carboxylic acids is 2. The minimum absolute atomic E-state index is 0.0264. The first-order chi connectivity index (χ1) is 32.9. The molecule has 3 unspecified atom stereocenters. The third-order valence-corrected chi connectivity index (χ3v) is 13.4. The normalized spacial score (nSPS) is 14.2. The molecule has 0 aromatic rings. The Kier molecular flexibility index (Phi) is 47.1. The van der Waals surface area contributed by atoms with Gasteiger partial charge in [0.05, 0.1) is 33.8 Å². The van der Waals surface area contributed by atoms with Crippen molar-refractivity contribution in [1.29, 1.82) is 0 Å². The third-order valence-electron chi connectivity index (χ3n) is 12.5. The Morgan fingerprint density at radius 3 is 1.38 bits per heavy atom. The lowest BCUT2D eigenvalue weighted by Gasteiger charge is -2.30. The maximum absolute atomic E-state index is 13.4. The van der Waals surface area contributed by atoms with Crippen molar-refractivity contribution in [2.45, 2.75) is 270 Å². The lowest BCUT2D eigenvalue weighted by molar-refractivity contribution is -0.870. The number of hydrogen-bond acceptors (Lipinski definition) is 7. The minimum atomic E-state index is -4.70. The summed E-state index contributed by atoms with van der Waals surface area (Å²) >= 11 is 0. The van der Waals surface area contributed by atoms with Gasteiger partial charge in [-0.1, -0.05) is 205 Å². The van der Waals surface area contributed by atoms with E-state index in [2.05, 4.69) is 62.5 Å². The van der Waals surface area contributed by atoms with Crippen LogP contribution in [0.2, 0.25) is 0 Å². The van der Waals surface area contributed by atoms with E-state index in [1.54, 1.807) is 0 Å². The fourth-order valence-electron chi connectivity index (χ4n) is 8.02. The van der Waals surface area contributed by atoms with E-state index >= 15 is 0 Å². The van der Waals surface area contributed by atoms with Gasteiger partial charge in [0.2, 0.25) is 5.91 Å². The summed E-state index contributed by atoms with van der Waals surface area (Å²) < 4.78 is 30.2. The molecule has 68 heavy (non-hydrogen) atoms. The highest BCUT2D eigenvalue weighted by Gasteiger charge is 2.27. The molecule has 0 saturated carbocycles. The topological polar surface area (TPSA) is 114 Å². The number of rotatable bonds is 51. The number of phosphoric ester groups is 1. The van der Waals surface area contributed by atoms with E-state index in [1.807, 2.05) is 33.3 Å². The van der Waals surface area contributed by atoms with Gasteiger partial charge in [-0.05, 0) is 89.5 Å². The summed E-state index contributed by atoms with van der Waals surface area (Å²) in [6.07, 6.45) is 57.8. The molecule has 0 rings (SSSR count). The van der Waals surface area contributed by atoms with Gasteiger partial charge in [-0.25, -0.2) is 0 Å². The predicted molar refractivity (Wildman–Crippen MR) is 289 cm³/mol. The number of amides is 1. The Bertz CT molecular complexity index is 1310. The first kappa shape index (κ1) is 66.0. The SMILES string of the molecule is CCCCC/C=C\C/C=C\CCCCCCCCCC(=O)OC(/C=C/CCCCCCCCCCCC)C(COP(=O)([O-])OCC[N+](C)(C)C)NC(=O)CCCCC/C=C\CCCCCCCC. The van der Waals surface area contributed by atoms with Crippen LogP contribution in [0.3, 0.4) is 0 Å². The van der Waals surface area contributed by atoms with Crippen molar-refractivity contribution in [3.05, 3.63) is 48.6 Å². The molecule has 0 bridgehead atoms. The van der Waals surface area contributed by atoms with Gasteiger partial charge in [0.1, 0.15) is 19.3 Å². The number of carbonyl (C=O) groups is 2. The molecule has 0 aromatic carbocycles. The number of ether oxygens (including phenoxy) is 1. The summed E-state index contributed by atoms with van der Waals surface area (Å²) in [5.74, 6) is -0.566. The van der Waals surface area contributed by atoms with Crippen LogP contribution < -0.4 is 10.2 Å². The number of esters is 1. The lowest BCUT2D eigenvalue weighted by atomic mass is 10.0. The number of nitrogens with one attached hydrogen (secondary N) is 1. The molecule has 0 aliphatic rings. The molecular formula is C58H109N2O7P. The van der Waals surface area contributed by atoms with Crippen molar-refractivity contribution in [3.8, 4) is 0 Å². The van der Waals surface area contributed by atoms with Crippen molar-refractivity contribution in [1.82, 2.24) is 5.32 Å². The molecule has 0 radical (unpaired) electrons. The maximum atomic E-state index is 13.4. The fourth-order valence-corrected chi connectivity index (χ4v) is 8.74. The van der Waals surface area contributed by atoms with E-state index in [-0.39, 0.29) is 24.9 Å². The standard InChI is InChI=1S/C58H109N2O7P/c1-7-10-13-16-19-22-25-28-29-30-31-33-36-39-42-45-48-51-58(62)67-56(49-46-43-40-37-34-27-24-21-18-15-12-9-3)55(54-66-68(63,64)65-53-52-60(4,5)6)59-57(61)50-47-44-41-38-35-32-26-23-20-17-14-11-8-2/h19,22,28-29,32,35,46,49,55-56H,7-18,20-21,23-27,30-31,33-34,36-45,47-48,50-54H2,1-6H3,(H-,59,61,63,64)/b22-19-,29-28-,35-32-,49-46+. The summed E-state index contributed by atoms with van der Waals surface area (Å²) in [4.78, 5) is 39.8. The second kappa shape index (κ2) is 48.6. The lowest BCUT2D eigenvalue weighted by Crippen LogP contribution is -2.47. The molecule has 1 N–H and O–H groups in total. The number of quaternary nitrogens is 1. The van der Waals surface area contributed by atoms with Crippen LogP contribution in [0.25, 0.3) is 0 Å². The molecule has 0 fully saturated rings. The number of unbranched alkanes of at least 4 members (excludes halogenated alkanes) is 29. The molecule has 9 nitrogen and oxygen atoms in total. The number of likely N-dealkylation sites (N-methyl/N-ethyl adjacent to an activating group) is 1. The molecular weight excluding hydrogens is 868 g/mol. The maximum Gasteiger partial charge on any atom is 0.306 e. The van der Waals surface area contributed by atoms with Crippen LogP contribution in [0.5, 0.6) is 0 Å². The van der Waals surface area contributed by atoms with Gasteiger partial charge >= 0.3 is 5.97 Å². The Labute approximate surface area is 420 Å². The second-order valence-corrected chi connectivity index (χ2v) is 21.8. The minimum Gasteiger partial charge on any atom is -0.756 e. The second-order valence-electron chi connectivity index (χ2n) is 20.4. The van der Waals surface area contributed by atoms with Crippen molar-refractivity contribution in [2.75, 3.05) is 40.9 Å². The van der Waals surface area contributed by atoms with Gasteiger partial charge in [-0.15, -0.1) is 0 Å². The van der Waals surface area contributed by atoms with Gasteiger partial charge in [-0.2, -0.15) is 0 Å². The van der Waals surface area contributed by atoms with Crippen molar-refractivity contribution in [3.63, 3.8) is 0 Å². The van der Waals surface area contributed by atoms with Crippen LogP contribution in [0.4, 0.5) is 0 Å². The molecule has 10 heteroatoms. The van der Waals surface area contributed by atoms with Crippen LogP contribution in [0.15, 0.2) is 48.6 Å². The Morgan fingerprint density at radius 2 is 0.897 bits per heavy atom. The van der Waals surface area contributed by atoms with E-state index in [0.717, 1.165) is 83.5 Å². The molecule has 3 atom stereocenters. The molecule has 0 heterocycles. The molecule has 0 aliphatic carbocycles. The third kappa shape index (κ3) is 49.0. The molecule has 1 amide bonds. The van der Waals surface area contributed by atoms with Crippen LogP contribution in [0, 0.1) is 0 Å². The van der Waals surface area contributed by atoms with Gasteiger partial charge in [-0.3, -0.25) is 14.2 Å². The van der Waals surface area contributed by atoms with Gasteiger partial charge in [0, 0.05) is 12.8 Å². The Hall–Kier alpha value is -2.03. The highest BCUT2D eigenvalue weighted by molar-refractivity contribution is 7.45. The summed E-state index contributed by atoms with van der Waals surface area (Å²) in [6.45, 7) is 6.79. The first-order valence-electron chi connectivity index (χ1n) is 28.4. The van der Waals surface area contributed by atoms with Crippen molar-refractivity contribution < 1.29 is 37.3 Å². The average Bonchev–Trinajstić information content (AvgIpc) is 3.29. The summed E-state index contributed by atoms with van der Waals surface area (Å²) in [5, 5.41) is 3.01. The predicted octanol–water partition coefficient (Wildman–Crippen LogP) is 16.3. The van der Waals surface area contributed by atoms with E-state index in [4.69, 9.17) is 13.8 Å². The molecule has 0 aromatic heterocycles. The monoisotopic (exact) mass is 977 g/mol. The van der Waals surface area contributed by atoms with Crippen LogP contribution in [0.1, 0.15) is 258 Å². The van der Waals surface area contributed by atoms with Crippen LogP contribution >= 0.6 is 7.82 Å².